The summed E-state index contributed by atoms with van der Waals surface area (Å²) in [7, 11) is 0. The predicted octanol–water partition coefficient (Wildman–Crippen LogP) is 9.51. The summed E-state index contributed by atoms with van der Waals surface area (Å²) in [6.07, 6.45) is 3.93. The van der Waals surface area contributed by atoms with E-state index >= 15 is 0 Å². The molecule has 10 nitrogen and oxygen atoms in total. The summed E-state index contributed by atoms with van der Waals surface area (Å²) in [6.45, 7) is -2.38. The molecule has 0 unspecified atom stereocenters. The zero-order chi connectivity index (χ0) is 45.1. The summed E-state index contributed by atoms with van der Waals surface area (Å²) in [5, 5.41) is 12.1. The molecule has 2 amide bonds. The van der Waals surface area contributed by atoms with Gasteiger partial charge in [-0.25, -0.2) is 26.3 Å². The van der Waals surface area contributed by atoms with Crippen molar-refractivity contribution in [1.29, 1.82) is 0 Å². The minimum Gasteiger partial charge on any atom is -0.432 e. The molecule has 0 radical (unpaired) electrons. The Morgan fingerprint density at radius 1 is 0.597 bits per heavy atom. The molecule has 4 aromatic rings. The minimum absolute atomic E-state index is 0. The number of nitrogens with zero attached hydrogens (tertiary/aromatic N) is 2. The molecule has 2 fully saturated rings. The second-order valence-corrected chi connectivity index (χ2v) is 15.6. The SMILES string of the molecule is C[C@@H](NCC1CCC(NC(=O)c2cnc3cc(OC(F)F)c(F)cc3c2)CC1)C(F)F.C[C@H](NCC1CCC(NC(=O)c2cnc3cc(OC(F)F)c(F)cc3c2)CC1)C(F)F.[HH].[HH]. The first-order chi connectivity index (χ1) is 29.4. The largest absolute Gasteiger partial charge is 0.432 e. The topological polar surface area (TPSA) is 126 Å². The van der Waals surface area contributed by atoms with Gasteiger partial charge in [0.25, 0.3) is 24.7 Å². The summed E-state index contributed by atoms with van der Waals surface area (Å²) >= 11 is 0. The number of amides is 2. The number of nitrogens with one attached hydrogen (secondary N) is 4. The Labute approximate surface area is 353 Å². The van der Waals surface area contributed by atoms with Gasteiger partial charge in [-0.1, -0.05) is 0 Å². The van der Waals surface area contributed by atoms with Crippen molar-refractivity contribution in [2.45, 2.75) is 115 Å². The molecule has 344 valence electrons. The summed E-state index contributed by atoms with van der Waals surface area (Å²) in [5.74, 6) is -3.33. The fraction of sp³-hybridized carbons (Fsp3) is 0.524. The third kappa shape index (κ3) is 14.0. The van der Waals surface area contributed by atoms with Crippen molar-refractivity contribution in [1.82, 2.24) is 31.2 Å². The molecule has 0 bridgehead atoms. The van der Waals surface area contributed by atoms with E-state index < -0.39 is 61.3 Å². The quantitative estimate of drug-likeness (QED) is 0.0821. The third-order valence-corrected chi connectivity index (χ3v) is 11.0. The molecule has 0 spiro atoms. The van der Waals surface area contributed by atoms with E-state index in [9.17, 15) is 53.5 Å². The van der Waals surface area contributed by atoms with Crippen LogP contribution in [0.25, 0.3) is 21.8 Å². The molecular weight excluding hydrogens is 842 g/mol. The first kappa shape index (κ1) is 48.1. The van der Waals surface area contributed by atoms with Crippen LogP contribution in [-0.2, 0) is 0 Å². The van der Waals surface area contributed by atoms with E-state index in [0.717, 1.165) is 75.6 Å². The zero-order valence-electron chi connectivity index (χ0n) is 33.8. The molecule has 0 aliphatic heterocycles. The Morgan fingerprint density at radius 3 is 1.27 bits per heavy atom. The highest BCUT2D eigenvalue weighted by Gasteiger charge is 2.26. The number of fused-ring (bicyclic) bond motifs is 2. The maximum atomic E-state index is 13.9. The molecule has 2 aromatic heterocycles. The predicted molar refractivity (Wildman–Crippen MR) is 214 cm³/mol. The second kappa shape index (κ2) is 22.4. The van der Waals surface area contributed by atoms with Gasteiger partial charge in [-0.2, -0.15) is 17.6 Å². The Hall–Kier alpha value is -4.98. The molecule has 2 aliphatic rings. The van der Waals surface area contributed by atoms with Crippen LogP contribution in [-0.4, -0.2) is 85.1 Å². The fourth-order valence-corrected chi connectivity index (χ4v) is 7.32. The van der Waals surface area contributed by atoms with Crippen LogP contribution in [0.4, 0.5) is 43.9 Å². The van der Waals surface area contributed by atoms with Crippen LogP contribution in [0.2, 0.25) is 0 Å². The van der Waals surface area contributed by atoms with E-state index in [-0.39, 0.29) is 71.5 Å². The van der Waals surface area contributed by atoms with Gasteiger partial charge in [0.05, 0.1) is 34.2 Å². The number of hydrogen-bond acceptors (Lipinski definition) is 8. The molecule has 2 atom stereocenters. The smallest absolute Gasteiger partial charge is 0.387 e. The van der Waals surface area contributed by atoms with Gasteiger partial charge >= 0.3 is 13.2 Å². The number of carbonyl (C=O) groups is 2. The van der Waals surface area contributed by atoms with E-state index in [1.54, 1.807) is 0 Å². The van der Waals surface area contributed by atoms with E-state index in [4.69, 9.17) is 0 Å². The maximum Gasteiger partial charge on any atom is 0.387 e. The summed E-state index contributed by atoms with van der Waals surface area (Å²) in [6, 6.07) is 5.19. The molecule has 4 N–H and O–H groups in total. The summed E-state index contributed by atoms with van der Waals surface area (Å²) in [4.78, 5) is 33.2. The number of benzene rings is 2. The van der Waals surface area contributed by atoms with Gasteiger partial charge in [0.1, 0.15) is 0 Å². The number of pyridine rings is 2. The highest BCUT2D eigenvalue weighted by atomic mass is 19.3. The third-order valence-electron chi connectivity index (χ3n) is 11.0. The lowest BCUT2D eigenvalue weighted by molar-refractivity contribution is -0.0527. The molecule has 62 heavy (non-hydrogen) atoms. The highest BCUT2D eigenvalue weighted by Crippen LogP contribution is 2.29. The lowest BCUT2D eigenvalue weighted by Crippen LogP contribution is -2.41. The molecular formula is C42H52F10N6O4. The van der Waals surface area contributed by atoms with E-state index in [2.05, 4.69) is 40.7 Å². The minimum atomic E-state index is -3.16. The van der Waals surface area contributed by atoms with Crippen molar-refractivity contribution in [3.63, 3.8) is 0 Å². The van der Waals surface area contributed by atoms with Crippen molar-refractivity contribution in [2.24, 2.45) is 11.8 Å². The maximum absolute atomic E-state index is 13.9. The summed E-state index contributed by atoms with van der Waals surface area (Å²) < 4.78 is 136. The lowest BCUT2D eigenvalue weighted by atomic mass is 9.85. The first-order valence-electron chi connectivity index (χ1n) is 20.2. The fourth-order valence-electron chi connectivity index (χ4n) is 7.32. The van der Waals surface area contributed by atoms with Crippen LogP contribution in [0, 0.1) is 23.5 Å². The molecule has 20 heteroatoms. The van der Waals surface area contributed by atoms with Gasteiger partial charge in [0.15, 0.2) is 23.1 Å². The molecule has 2 saturated carbocycles. The molecule has 2 aliphatic carbocycles. The standard InChI is InChI=1S/2C21H24F5N3O2.2H2/c2*1-11(19(23)24)27-9-12-2-4-15(5-3-12)29-20(30)14-6-13-7-16(22)18(31-21(25)26)8-17(13)28-10-14;;/h2*6-8,10-12,15,19,21,27H,2-5,9H2,1H3,(H,29,30);2*1H/t2*11-,12?,15?;;/m10../s1. The average molecular weight is 895 g/mol. The van der Waals surface area contributed by atoms with Gasteiger partial charge in [0, 0.05) is 50.2 Å². The van der Waals surface area contributed by atoms with Gasteiger partial charge in [0.2, 0.25) is 0 Å². The average Bonchev–Trinajstić information content (AvgIpc) is 3.22. The number of hydrogen-bond donors (Lipinski definition) is 4. The van der Waals surface area contributed by atoms with Crippen molar-refractivity contribution < 1.29 is 65.8 Å². The van der Waals surface area contributed by atoms with E-state index in [1.807, 2.05) is 0 Å². The normalized spacial score (nSPS) is 20.3. The summed E-state index contributed by atoms with van der Waals surface area (Å²) in [5.41, 5.74) is 0.896. The molecule has 2 heterocycles. The Morgan fingerprint density at radius 2 is 0.952 bits per heavy atom. The van der Waals surface area contributed by atoms with Gasteiger partial charge in [-0.3, -0.25) is 19.6 Å². The number of rotatable bonds is 16. The van der Waals surface area contributed by atoms with Crippen LogP contribution in [0.1, 0.15) is 88.8 Å². The number of alkyl halides is 8. The van der Waals surface area contributed by atoms with Crippen LogP contribution in [0.15, 0.2) is 48.8 Å². The van der Waals surface area contributed by atoms with Crippen molar-refractivity contribution in [3.05, 3.63) is 71.6 Å². The van der Waals surface area contributed by atoms with Crippen LogP contribution in [0.5, 0.6) is 11.5 Å². The van der Waals surface area contributed by atoms with Crippen LogP contribution >= 0.6 is 0 Å². The molecule has 6 rings (SSSR count). The van der Waals surface area contributed by atoms with E-state index in [0.29, 0.717) is 13.1 Å². The second-order valence-electron chi connectivity index (χ2n) is 15.6. The number of ether oxygens (including phenoxy) is 2. The van der Waals surface area contributed by atoms with Gasteiger partial charge in [-0.15, -0.1) is 0 Å². The van der Waals surface area contributed by atoms with Gasteiger partial charge in [-0.05, 0) is 114 Å². The first-order valence-corrected chi connectivity index (χ1v) is 20.2. The number of carbonyl (C=O) groups excluding carboxylic acids is 2. The van der Waals surface area contributed by atoms with Crippen molar-refractivity contribution in [3.8, 4) is 11.5 Å². The lowest BCUT2D eigenvalue weighted by Gasteiger charge is -2.30. The Bertz CT molecular complexity index is 1970. The zero-order valence-corrected chi connectivity index (χ0v) is 33.8. The van der Waals surface area contributed by atoms with Crippen molar-refractivity contribution >= 4 is 33.6 Å². The van der Waals surface area contributed by atoms with Crippen molar-refractivity contribution in [2.75, 3.05) is 13.1 Å². The van der Waals surface area contributed by atoms with Gasteiger partial charge < -0.3 is 30.7 Å². The number of aromatic nitrogens is 2. The number of halogens is 10. The monoisotopic (exact) mass is 894 g/mol. The molecule has 2 aromatic carbocycles. The Kier molecular flexibility index (Phi) is 17.4. The van der Waals surface area contributed by atoms with Crippen LogP contribution in [0.3, 0.4) is 0 Å². The Balaban J connectivity index is 0.000000330. The van der Waals surface area contributed by atoms with Crippen LogP contribution < -0.4 is 30.7 Å². The molecule has 0 saturated heterocycles. The van der Waals surface area contributed by atoms with E-state index in [1.165, 1.54) is 38.4 Å². The highest BCUT2D eigenvalue weighted by molar-refractivity contribution is 5.98.